The van der Waals surface area contributed by atoms with Gasteiger partial charge in [-0.15, -0.1) is 0 Å². The summed E-state index contributed by atoms with van der Waals surface area (Å²) in [7, 11) is 0. The van der Waals surface area contributed by atoms with Crippen molar-refractivity contribution in [3.05, 3.63) is 29.1 Å². The van der Waals surface area contributed by atoms with Gasteiger partial charge < -0.3 is 19.5 Å². The molecule has 34 heavy (non-hydrogen) atoms. The third-order valence-corrected chi connectivity index (χ3v) is 5.84. The fourth-order valence-corrected chi connectivity index (χ4v) is 4.36. The third-order valence-electron chi connectivity index (χ3n) is 5.84. The quantitative estimate of drug-likeness (QED) is 0.347. The number of hydrogen-bond donors (Lipinski definition) is 1. The average Bonchev–Trinajstić information content (AvgIpc) is 2.90. The summed E-state index contributed by atoms with van der Waals surface area (Å²) in [6.07, 6.45) is 6.37. The maximum Gasteiger partial charge on any atom is 0.407 e. The number of rotatable bonds is 10. The van der Waals surface area contributed by atoms with Gasteiger partial charge in [-0.1, -0.05) is 33.6 Å². The Kier molecular flexibility index (Phi) is 9.14. The lowest BCUT2D eigenvalue weighted by Gasteiger charge is -2.36. The van der Waals surface area contributed by atoms with Crippen molar-refractivity contribution in [3.8, 4) is 0 Å². The van der Waals surface area contributed by atoms with Crippen molar-refractivity contribution in [2.24, 2.45) is 5.92 Å². The highest BCUT2D eigenvalue weighted by molar-refractivity contribution is 5.84. The zero-order valence-corrected chi connectivity index (χ0v) is 22.5. The Hall–Kier alpha value is -2.15. The number of ether oxygens (including phenoxy) is 3. The molecule has 1 aliphatic rings. The van der Waals surface area contributed by atoms with E-state index < -0.39 is 35.1 Å². The predicted octanol–water partition coefficient (Wildman–Crippen LogP) is 5.65. The summed E-state index contributed by atoms with van der Waals surface area (Å²) in [6, 6.07) is 1.41. The molecule has 0 saturated carbocycles. The van der Waals surface area contributed by atoms with Crippen molar-refractivity contribution in [3.63, 3.8) is 0 Å². The lowest BCUT2D eigenvalue weighted by Crippen LogP contribution is -2.59. The van der Waals surface area contributed by atoms with Crippen LogP contribution in [0.1, 0.15) is 97.9 Å². The van der Waals surface area contributed by atoms with Crippen molar-refractivity contribution in [2.75, 3.05) is 0 Å². The van der Waals surface area contributed by atoms with Crippen LogP contribution in [0.2, 0.25) is 0 Å². The first-order chi connectivity index (χ1) is 15.7. The number of nitrogens with zero attached hydrogens (tertiary/aromatic N) is 1. The fraction of sp³-hybridized carbons (Fsp3) is 0.741. The van der Waals surface area contributed by atoms with Crippen molar-refractivity contribution in [1.82, 2.24) is 10.3 Å². The number of alkyl carbamates (subject to hydrolysis) is 1. The largest absolute Gasteiger partial charge is 0.444 e. The number of carbonyl (C=O) groups excluding carboxylic acids is 2. The molecule has 2 atom stereocenters. The smallest absolute Gasteiger partial charge is 0.407 e. The second-order valence-corrected chi connectivity index (χ2v) is 11.3. The van der Waals surface area contributed by atoms with Gasteiger partial charge in [0.25, 0.3) is 0 Å². The lowest BCUT2D eigenvalue weighted by atomic mass is 9.83. The van der Waals surface area contributed by atoms with E-state index in [1.807, 2.05) is 20.0 Å². The van der Waals surface area contributed by atoms with Crippen molar-refractivity contribution < 1.29 is 23.8 Å². The molecule has 1 aliphatic heterocycles. The summed E-state index contributed by atoms with van der Waals surface area (Å²) >= 11 is 0. The standard InChI is InChI=1S/C27H44N2O5/c1-10-11-12-13-20-15-21(28-17-19(20)4)16-27(23(30)32-26(8,9)34-27)22(14-18(2)3)29-24(31)33-25(5,6)7/h15,17-18,22H,10-14,16H2,1-9H3,(H,29,31)/t22-,27+/m0/s1. The van der Waals surface area contributed by atoms with Gasteiger partial charge in [-0.3, -0.25) is 4.98 Å². The zero-order valence-electron chi connectivity index (χ0n) is 22.5. The van der Waals surface area contributed by atoms with E-state index in [1.54, 1.807) is 34.6 Å². The van der Waals surface area contributed by atoms with E-state index in [0.717, 1.165) is 30.5 Å². The molecule has 192 valence electrons. The van der Waals surface area contributed by atoms with Crippen molar-refractivity contribution >= 4 is 12.1 Å². The summed E-state index contributed by atoms with van der Waals surface area (Å²) < 4.78 is 17.5. The van der Waals surface area contributed by atoms with Crippen LogP contribution in [0.5, 0.6) is 0 Å². The molecule has 1 N–H and O–H groups in total. The molecule has 0 aromatic carbocycles. The SMILES string of the molecule is CCCCCc1cc(C[C@]2([C@H](CC(C)C)NC(=O)OC(C)(C)C)OC(C)(C)OC2=O)ncc1C. The fourth-order valence-electron chi connectivity index (χ4n) is 4.36. The monoisotopic (exact) mass is 476 g/mol. The maximum atomic E-state index is 13.4. The minimum absolute atomic E-state index is 0.188. The Bertz CT molecular complexity index is 859. The van der Waals surface area contributed by atoms with Crippen LogP contribution in [-0.2, 0) is 31.8 Å². The molecular formula is C27H44N2O5. The first-order valence-corrected chi connectivity index (χ1v) is 12.5. The molecule has 0 radical (unpaired) electrons. The van der Waals surface area contributed by atoms with E-state index >= 15 is 0 Å². The Morgan fingerprint density at radius 1 is 1.24 bits per heavy atom. The highest BCUT2D eigenvalue weighted by Crippen LogP contribution is 2.39. The molecule has 1 aromatic heterocycles. The summed E-state index contributed by atoms with van der Waals surface area (Å²) in [5.41, 5.74) is 1.02. The van der Waals surface area contributed by atoms with E-state index in [1.165, 1.54) is 12.0 Å². The molecule has 1 saturated heterocycles. The number of nitrogens with one attached hydrogen (secondary N) is 1. The van der Waals surface area contributed by atoms with E-state index in [9.17, 15) is 9.59 Å². The molecule has 0 bridgehead atoms. The number of pyridine rings is 1. The van der Waals surface area contributed by atoms with Gasteiger partial charge in [-0.05, 0) is 70.1 Å². The highest BCUT2D eigenvalue weighted by Gasteiger charge is 2.59. The minimum Gasteiger partial charge on any atom is -0.444 e. The predicted molar refractivity (Wildman–Crippen MR) is 133 cm³/mol. The topological polar surface area (TPSA) is 86.8 Å². The van der Waals surface area contributed by atoms with Gasteiger partial charge in [0.05, 0.1) is 6.04 Å². The number of unbranched alkanes of at least 4 members (excludes halogenated alkanes) is 2. The molecular weight excluding hydrogens is 432 g/mol. The molecule has 7 nitrogen and oxygen atoms in total. The van der Waals surface area contributed by atoms with Gasteiger partial charge in [0.15, 0.2) is 5.60 Å². The number of aromatic nitrogens is 1. The summed E-state index contributed by atoms with van der Waals surface area (Å²) in [5.74, 6) is -1.42. The molecule has 2 heterocycles. The van der Waals surface area contributed by atoms with Crippen LogP contribution in [0, 0.1) is 12.8 Å². The summed E-state index contributed by atoms with van der Waals surface area (Å²) in [5, 5.41) is 2.93. The van der Waals surface area contributed by atoms with Gasteiger partial charge in [-0.25, -0.2) is 9.59 Å². The number of amides is 1. The van der Waals surface area contributed by atoms with E-state index in [0.29, 0.717) is 6.42 Å². The summed E-state index contributed by atoms with van der Waals surface area (Å²) in [4.78, 5) is 30.8. The number of esters is 1. The molecule has 1 fully saturated rings. The second kappa shape index (κ2) is 11.1. The van der Waals surface area contributed by atoms with Crippen LogP contribution in [0.15, 0.2) is 12.3 Å². The maximum absolute atomic E-state index is 13.4. The highest BCUT2D eigenvalue weighted by atomic mass is 16.8. The number of cyclic esters (lactones) is 1. The second-order valence-electron chi connectivity index (χ2n) is 11.3. The van der Waals surface area contributed by atoms with Crippen LogP contribution in [-0.4, -0.2) is 40.1 Å². The lowest BCUT2D eigenvalue weighted by molar-refractivity contribution is -0.170. The zero-order chi connectivity index (χ0) is 25.7. The van der Waals surface area contributed by atoms with Gasteiger partial charge in [-0.2, -0.15) is 0 Å². The van der Waals surface area contributed by atoms with E-state index in [-0.39, 0.29) is 12.3 Å². The average molecular weight is 477 g/mol. The van der Waals surface area contributed by atoms with Gasteiger partial charge >= 0.3 is 12.1 Å². The Balaban J connectivity index is 2.44. The molecule has 1 aromatic rings. The Labute approximate surface area is 205 Å². The minimum atomic E-state index is -1.41. The first-order valence-electron chi connectivity index (χ1n) is 12.5. The van der Waals surface area contributed by atoms with Crippen LogP contribution in [0.3, 0.4) is 0 Å². The van der Waals surface area contributed by atoms with Gasteiger partial charge in [0.1, 0.15) is 5.60 Å². The van der Waals surface area contributed by atoms with E-state index in [4.69, 9.17) is 14.2 Å². The molecule has 1 amide bonds. The van der Waals surface area contributed by atoms with Gasteiger partial charge in [0.2, 0.25) is 5.79 Å². The van der Waals surface area contributed by atoms with Crippen LogP contribution in [0.25, 0.3) is 0 Å². The third kappa shape index (κ3) is 7.69. The van der Waals surface area contributed by atoms with Crippen LogP contribution >= 0.6 is 0 Å². The molecule has 0 spiro atoms. The molecule has 0 unspecified atom stereocenters. The van der Waals surface area contributed by atoms with E-state index in [2.05, 4.69) is 30.2 Å². The summed E-state index contributed by atoms with van der Waals surface area (Å²) in [6.45, 7) is 17.2. The molecule has 7 heteroatoms. The first kappa shape index (κ1) is 28.1. The van der Waals surface area contributed by atoms with Crippen molar-refractivity contribution in [1.29, 1.82) is 0 Å². The Morgan fingerprint density at radius 2 is 1.91 bits per heavy atom. The van der Waals surface area contributed by atoms with Crippen LogP contribution in [0.4, 0.5) is 4.79 Å². The van der Waals surface area contributed by atoms with Crippen LogP contribution < -0.4 is 5.32 Å². The molecule has 2 rings (SSSR count). The molecule has 0 aliphatic carbocycles. The number of carbonyl (C=O) groups is 2. The van der Waals surface area contributed by atoms with Crippen molar-refractivity contribution in [2.45, 2.75) is 124 Å². The normalized spacial score (nSPS) is 20.8. The number of aryl methyl sites for hydroxylation is 2. The van der Waals surface area contributed by atoms with Gasteiger partial charge in [0, 0.05) is 32.2 Å². The number of hydrogen-bond acceptors (Lipinski definition) is 6. The Morgan fingerprint density at radius 3 is 2.44 bits per heavy atom.